The highest BCUT2D eigenvalue weighted by Crippen LogP contribution is 2.45. The van der Waals surface area contributed by atoms with E-state index in [1.54, 1.807) is 47.7 Å². The number of carbonyl (C=O) groups is 1. The summed E-state index contributed by atoms with van der Waals surface area (Å²) in [6.45, 7) is 18.5. The Hall–Kier alpha value is -2.77. The number of nitrogens with two attached hydrogens (primary N) is 1. The smallest absolute Gasteiger partial charge is 0.309 e. The lowest BCUT2D eigenvalue weighted by atomic mass is 9.68. The molecular formula is C48H81FN6O13S. The molecule has 3 aliphatic heterocycles. The average Bonchev–Trinajstić information content (AvgIpc) is 3.72. The zero-order valence-electron chi connectivity index (χ0n) is 42.7. The van der Waals surface area contributed by atoms with Crippen molar-refractivity contribution in [1.29, 1.82) is 0 Å². The van der Waals surface area contributed by atoms with Crippen LogP contribution in [-0.2, 0) is 51.5 Å². The molecule has 2 aromatic rings. The molecule has 69 heavy (non-hydrogen) atoms. The molecule has 4 heterocycles. The van der Waals surface area contributed by atoms with E-state index < -0.39 is 124 Å². The summed E-state index contributed by atoms with van der Waals surface area (Å²) in [5, 5.41) is 73.4. The molecule has 0 radical (unpaired) electrons. The van der Waals surface area contributed by atoms with Crippen molar-refractivity contribution < 1.29 is 66.8 Å². The van der Waals surface area contributed by atoms with Crippen LogP contribution in [-0.4, -0.2) is 183 Å². The highest BCUT2D eigenvalue weighted by Gasteiger charge is 2.55. The van der Waals surface area contributed by atoms with Gasteiger partial charge in [0.1, 0.15) is 35.8 Å². The van der Waals surface area contributed by atoms with Gasteiger partial charge in [0, 0.05) is 62.8 Å². The molecule has 3 saturated heterocycles. The number of likely N-dealkylation sites (N-methyl/N-ethyl adjacent to an activating group) is 2. The standard InChI is InChI=1S/C48H81FN6O13S/c1-14-38-48(10,61)41(57)30(6)54(12)23-26(2)21-46(8,60)43(28(4)39(29(5)44(59)67-38)37-22-47(9,64-13)42(58)31(7)66-37)68-45-40(56)36(19-27(3)65-45)53(11)18-17-33-25-55(52-51-33)24-32-15-16-34(20-35(32)49)69(50,62)63/h15-16,20,25-31,36-43,45,56-58,60-61H,14,17-19,21-24H2,1-13H3,(H2,50,62,63)/t26-,27-,28+,29-,30-,31+,36+,37?,38-,39+,40-,41-,42+,43-,45+,46-,47-,48-/m1/s1. The topological polar surface area (TPSA) is 262 Å². The van der Waals surface area contributed by atoms with Gasteiger partial charge in [-0.3, -0.25) is 4.79 Å². The fourth-order valence-electron chi connectivity index (χ4n) is 11.2. The predicted molar refractivity (Wildman–Crippen MR) is 252 cm³/mol. The molecule has 0 bridgehead atoms. The Bertz CT molecular complexity index is 2130. The first-order valence-corrected chi connectivity index (χ1v) is 25.8. The number of aromatic nitrogens is 3. The minimum atomic E-state index is -4.07. The van der Waals surface area contributed by atoms with E-state index in [0.29, 0.717) is 31.6 Å². The lowest BCUT2D eigenvalue weighted by molar-refractivity contribution is -0.302. The van der Waals surface area contributed by atoms with E-state index >= 15 is 0 Å². The molecule has 21 heteroatoms. The number of esters is 1. The molecule has 0 amide bonds. The van der Waals surface area contributed by atoms with E-state index in [2.05, 4.69) is 10.3 Å². The number of hydrogen-bond donors (Lipinski definition) is 6. The number of rotatable bonds is 12. The van der Waals surface area contributed by atoms with Crippen LogP contribution in [0.3, 0.4) is 0 Å². The van der Waals surface area contributed by atoms with Crippen molar-refractivity contribution >= 4 is 16.0 Å². The van der Waals surface area contributed by atoms with Crippen LogP contribution in [0.1, 0.15) is 106 Å². The summed E-state index contributed by atoms with van der Waals surface area (Å²) in [7, 11) is 1.13. The summed E-state index contributed by atoms with van der Waals surface area (Å²) < 4.78 is 71.6. The van der Waals surface area contributed by atoms with Crippen molar-refractivity contribution in [1.82, 2.24) is 24.8 Å². The summed E-state index contributed by atoms with van der Waals surface area (Å²) in [5.41, 5.74) is -3.75. The zero-order chi connectivity index (χ0) is 51.7. The van der Waals surface area contributed by atoms with E-state index in [4.69, 9.17) is 28.8 Å². The van der Waals surface area contributed by atoms with Gasteiger partial charge in [0.2, 0.25) is 10.0 Å². The van der Waals surface area contributed by atoms with Crippen LogP contribution in [0.2, 0.25) is 0 Å². The van der Waals surface area contributed by atoms with Gasteiger partial charge in [0.25, 0.3) is 0 Å². The number of carbonyl (C=O) groups excluding carboxylic acids is 1. The molecule has 3 aliphatic rings. The van der Waals surface area contributed by atoms with Crippen LogP contribution >= 0.6 is 0 Å². The molecule has 5 rings (SSSR count). The van der Waals surface area contributed by atoms with E-state index in [-0.39, 0.29) is 42.2 Å². The molecule has 1 aromatic heterocycles. The molecule has 7 N–H and O–H groups in total. The number of benzene rings is 1. The zero-order valence-corrected chi connectivity index (χ0v) is 43.5. The largest absolute Gasteiger partial charge is 0.459 e. The monoisotopic (exact) mass is 1000 g/mol. The Labute approximate surface area is 407 Å². The molecule has 0 spiro atoms. The minimum absolute atomic E-state index is 0.00238. The van der Waals surface area contributed by atoms with Gasteiger partial charge < -0.3 is 59.0 Å². The van der Waals surface area contributed by atoms with Gasteiger partial charge in [0.15, 0.2) is 6.29 Å². The first-order chi connectivity index (χ1) is 31.9. The number of ether oxygens (including phenoxy) is 5. The molecule has 18 atom stereocenters. The Morgan fingerprint density at radius 3 is 2.30 bits per heavy atom. The number of aliphatic hydroxyl groups excluding tert-OH is 3. The Morgan fingerprint density at radius 2 is 1.70 bits per heavy atom. The van der Waals surface area contributed by atoms with Crippen molar-refractivity contribution in [3.63, 3.8) is 0 Å². The van der Waals surface area contributed by atoms with Crippen LogP contribution in [0.25, 0.3) is 0 Å². The van der Waals surface area contributed by atoms with Crippen LogP contribution in [0.5, 0.6) is 0 Å². The predicted octanol–water partition coefficient (Wildman–Crippen LogP) is 2.21. The van der Waals surface area contributed by atoms with Gasteiger partial charge in [-0.25, -0.2) is 22.6 Å². The van der Waals surface area contributed by atoms with E-state index in [1.807, 2.05) is 44.7 Å². The first kappa shape index (κ1) is 57.1. The van der Waals surface area contributed by atoms with Crippen LogP contribution in [0.4, 0.5) is 4.39 Å². The number of cyclic esters (lactones) is 1. The Kier molecular flexibility index (Phi) is 18.7. The fourth-order valence-corrected chi connectivity index (χ4v) is 11.7. The third kappa shape index (κ3) is 13.1. The maximum absolute atomic E-state index is 14.8. The van der Waals surface area contributed by atoms with Crippen molar-refractivity contribution in [3.05, 3.63) is 41.5 Å². The lowest BCUT2D eigenvalue weighted by Gasteiger charge is -2.51. The third-order valence-electron chi connectivity index (χ3n) is 15.5. The number of primary sulfonamides is 1. The van der Waals surface area contributed by atoms with E-state index in [0.717, 1.165) is 6.07 Å². The highest BCUT2D eigenvalue weighted by molar-refractivity contribution is 7.89. The quantitative estimate of drug-likeness (QED) is 0.167. The van der Waals surface area contributed by atoms with Crippen LogP contribution in [0.15, 0.2) is 29.3 Å². The highest BCUT2D eigenvalue weighted by atomic mass is 32.2. The van der Waals surface area contributed by atoms with Crippen molar-refractivity contribution in [2.45, 2.75) is 197 Å². The number of halogens is 1. The van der Waals surface area contributed by atoms with Gasteiger partial charge >= 0.3 is 5.97 Å². The number of hydrogen-bond acceptors (Lipinski definition) is 17. The Balaban J connectivity index is 1.46. The summed E-state index contributed by atoms with van der Waals surface area (Å²) in [5.74, 6) is -4.06. The molecule has 0 aliphatic carbocycles. The summed E-state index contributed by atoms with van der Waals surface area (Å²) in [6.07, 6.45) is -5.80. The summed E-state index contributed by atoms with van der Waals surface area (Å²) >= 11 is 0. The first-order valence-electron chi connectivity index (χ1n) is 24.3. The van der Waals surface area contributed by atoms with Gasteiger partial charge in [0.05, 0.1) is 58.7 Å². The number of sulfonamides is 1. The third-order valence-corrected chi connectivity index (χ3v) is 16.4. The number of methoxy groups -OCH3 is 1. The second-order valence-corrected chi connectivity index (χ2v) is 22.8. The van der Waals surface area contributed by atoms with Gasteiger partial charge in [-0.2, -0.15) is 0 Å². The maximum atomic E-state index is 14.8. The second-order valence-electron chi connectivity index (χ2n) is 21.2. The summed E-state index contributed by atoms with van der Waals surface area (Å²) in [4.78, 5) is 18.1. The average molecular weight is 1000 g/mol. The van der Waals surface area contributed by atoms with Gasteiger partial charge in [-0.15, -0.1) is 5.10 Å². The van der Waals surface area contributed by atoms with Crippen molar-refractivity contribution in [2.24, 2.45) is 28.8 Å². The molecular weight excluding hydrogens is 920 g/mol. The molecule has 0 saturated carbocycles. The van der Waals surface area contributed by atoms with Crippen LogP contribution < -0.4 is 5.14 Å². The van der Waals surface area contributed by atoms with E-state index in [9.17, 15) is 43.1 Å². The molecule has 394 valence electrons. The maximum Gasteiger partial charge on any atom is 0.309 e. The second kappa shape index (κ2) is 22.6. The summed E-state index contributed by atoms with van der Waals surface area (Å²) in [6, 6.07) is 2.36. The SMILES string of the molecule is CC[C@H]1OC(=O)[C@H](C)[C@@H](C2C[C@@](C)(OC)[C@@H](O)[C@H](C)O2)[C@H](C)[C@@H](O[C@@H]2O[C@H](C)C[C@H](N(C)CCc3cn(Cc4ccc(S(N)(=O)=O)cc4F)nn3)[C@H]2O)[C@](C)(O)C[C@@H](C)CN(C)[C@H](C)[C@@H](O)[C@]1(C)O. The van der Waals surface area contributed by atoms with E-state index in [1.165, 1.54) is 30.8 Å². The van der Waals surface area contributed by atoms with Crippen molar-refractivity contribution in [2.75, 3.05) is 34.3 Å². The molecule has 3 fully saturated rings. The fraction of sp³-hybridized carbons (Fsp3) is 0.812. The molecule has 19 nitrogen and oxygen atoms in total. The van der Waals surface area contributed by atoms with Crippen LogP contribution in [0, 0.1) is 29.5 Å². The normalized spacial score (nSPS) is 40.5. The van der Waals surface area contributed by atoms with Gasteiger partial charge in [-0.1, -0.05) is 39.0 Å². The Morgan fingerprint density at radius 1 is 1.03 bits per heavy atom. The molecule has 1 unspecified atom stereocenters. The number of nitrogens with zero attached hydrogens (tertiary/aromatic N) is 5. The van der Waals surface area contributed by atoms with Crippen molar-refractivity contribution in [3.8, 4) is 0 Å². The number of aliphatic hydroxyl groups is 5. The molecule has 1 aromatic carbocycles. The van der Waals surface area contributed by atoms with Gasteiger partial charge in [-0.05, 0) is 98.9 Å². The minimum Gasteiger partial charge on any atom is -0.459 e. The lowest BCUT2D eigenvalue weighted by Crippen LogP contribution is -2.62.